The molecule has 3 N–H and O–H groups in total. The lowest BCUT2D eigenvalue weighted by molar-refractivity contribution is 0.373. The molecule has 28 heavy (non-hydrogen) atoms. The standard InChI is InChI=1S/C19H24N8O/c1-19(2,3)24-14-4-5-27(11-14)18-21-10-15(25-26-18)17-16(28)6-12(7-20-17)13-8-22-23-9-13/h6-10,14,24,28H,4-5,11H2,1-3H3,(H,22,23). The fourth-order valence-electron chi connectivity index (χ4n) is 3.41. The van der Waals surface area contributed by atoms with Crippen molar-refractivity contribution < 1.29 is 5.11 Å². The molecule has 0 aliphatic carbocycles. The molecule has 1 unspecified atom stereocenters. The van der Waals surface area contributed by atoms with Gasteiger partial charge in [0.25, 0.3) is 0 Å². The summed E-state index contributed by atoms with van der Waals surface area (Å²) in [5, 5.41) is 29.1. The molecule has 3 aromatic rings. The SMILES string of the molecule is CC(C)(C)NC1CCN(c2ncc(-c3ncc(-c4cn[nH]c4)cc3O)nn2)C1. The molecule has 146 valence electrons. The Bertz CT molecular complexity index is 934. The van der Waals surface area contributed by atoms with Crippen molar-refractivity contribution in [3.63, 3.8) is 0 Å². The fraction of sp³-hybridized carbons (Fsp3) is 0.421. The van der Waals surface area contributed by atoms with Crippen LogP contribution in [0.3, 0.4) is 0 Å². The topological polar surface area (TPSA) is 116 Å². The number of pyridine rings is 1. The Hall–Kier alpha value is -3.07. The third kappa shape index (κ3) is 3.94. The molecule has 1 aliphatic rings. The van der Waals surface area contributed by atoms with Gasteiger partial charge in [-0.2, -0.15) is 5.10 Å². The Morgan fingerprint density at radius 3 is 2.64 bits per heavy atom. The highest BCUT2D eigenvalue weighted by Crippen LogP contribution is 2.29. The molecule has 0 saturated carbocycles. The van der Waals surface area contributed by atoms with Gasteiger partial charge >= 0.3 is 0 Å². The van der Waals surface area contributed by atoms with Gasteiger partial charge in [0.05, 0.1) is 12.4 Å². The lowest BCUT2D eigenvalue weighted by atomic mass is 10.1. The Morgan fingerprint density at radius 2 is 2.00 bits per heavy atom. The summed E-state index contributed by atoms with van der Waals surface area (Å²) in [5.41, 5.74) is 2.48. The van der Waals surface area contributed by atoms with Gasteiger partial charge in [-0.25, -0.2) is 9.97 Å². The van der Waals surface area contributed by atoms with E-state index in [1.807, 2.05) is 0 Å². The first-order valence-corrected chi connectivity index (χ1v) is 9.30. The molecule has 3 aromatic heterocycles. The number of nitrogens with one attached hydrogen (secondary N) is 2. The predicted molar refractivity (Wildman–Crippen MR) is 106 cm³/mol. The molecule has 9 nitrogen and oxygen atoms in total. The molecule has 0 amide bonds. The zero-order chi connectivity index (χ0) is 19.7. The zero-order valence-corrected chi connectivity index (χ0v) is 16.2. The third-order valence-electron chi connectivity index (χ3n) is 4.60. The second-order valence-electron chi connectivity index (χ2n) is 8.05. The molecule has 1 saturated heterocycles. The van der Waals surface area contributed by atoms with Gasteiger partial charge in [0.2, 0.25) is 5.95 Å². The average Bonchev–Trinajstić information content (AvgIpc) is 3.32. The van der Waals surface area contributed by atoms with Gasteiger partial charge in [0, 0.05) is 48.2 Å². The molecule has 0 aromatic carbocycles. The Kier molecular flexibility index (Phi) is 4.68. The molecule has 4 rings (SSSR count). The van der Waals surface area contributed by atoms with Crippen LogP contribution in [0.2, 0.25) is 0 Å². The van der Waals surface area contributed by atoms with Gasteiger partial charge in [-0.15, -0.1) is 10.2 Å². The highest BCUT2D eigenvalue weighted by Gasteiger charge is 2.27. The maximum Gasteiger partial charge on any atom is 0.245 e. The number of aromatic hydroxyl groups is 1. The molecule has 0 bridgehead atoms. The maximum atomic E-state index is 10.4. The first kappa shape index (κ1) is 18.3. The lowest BCUT2D eigenvalue weighted by Gasteiger charge is -2.25. The van der Waals surface area contributed by atoms with Crippen LogP contribution in [0.1, 0.15) is 27.2 Å². The molecule has 0 radical (unpaired) electrons. The third-order valence-corrected chi connectivity index (χ3v) is 4.60. The zero-order valence-electron chi connectivity index (χ0n) is 16.2. The summed E-state index contributed by atoms with van der Waals surface area (Å²) in [5.74, 6) is 0.620. The van der Waals surface area contributed by atoms with Gasteiger partial charge in [0.1, 0.15) is 17.1 Å². The number of hydrogen-bond donors (Lipinski definition) is 3. The summed E-state index contributed by atoms with van der Waals surface area (Å²) in [6.45, 7) is 8.23. The van der Waals surface area contributed by atoms with Crippen molar-refractivity contribution >= 4 is 5.95 Å². The molecule has 1 fully saturated rings. The molecule has 4 heterocycles. The van der Waals surface area contributed by atoms with Crippen LogP contribution >= 0.6 is 0 Å². The van der Waals surface area contributed by atoms with Crippen LogP contribution in [-0.4, -0.2) is 60.1 Å². The van der Waals surface area contributed by atoms with Crippen molar-refractivity contribution in [3.8, 4) is 28.3 Å². The van der Waals surface area contributed by atoms with Gasteiger partial charge in [-0.1, -0.05) is 0 Å². The fourth-order valence-corrected chi connectivity index (χ4v) is 3.41. The van der Waals surface area contributed by atoms with Gasteiger partial charge in [-0.3, -0.25) is 5.10 Å². The van der Waals surface area contributed by atoms with E-state index in [9.17, 15) is 5.11 Å². The molecular weight excluding hydrogens is 356 g/mol. The Labute approximate surface area is 163 Å². The van der Waals surface area contributed by atoms with Crippen molar-refractivity contribution in [3.05, 3.63) is 30.9 Å². The minimum Gasteiger partial charge on any atom is -0.506 e. The smallest absolute Gasteiger partial charge is 0.245 e. The van der Waals surface area contributed by atoms with E-state index < -0.39 is 0 Å². The normalized spacial score (nSPS) is 17.2. The highest BCUT2D eigenvalue weighted by atomic mass is 16.3. The van der Waals surface area contributed by atoms with Crippen molar-refractivity contribution in [2.24, 2.45) is 0 Å². The average molecular weight is 380 g/mol. The second kappa shape index (κ2) is 7.16. The van der Waals surface area contributed by atoms with Crippen LogP contribution in [0.25, 0.3) is 22.5 Å². The summed E-state index contributed by atoms with van der Waals surface area (Å²) in [6.07, 6.45) is 7.72. The van der Waals surface area contributed by atoms with Crippen LogP contribution in [0.5, 0.6) is 5.75 Å². The number of hydrogen-bond acceptors (Lipinski definition) is 8. The maximum absolute atomic E-state index is 10.4. The number of rotatable bonds is 4. The number of aromatic amines is 1. The van der Waals surface area contributed by atoms with Crippen LogP contribution in [0, 0.1) is 0 Å². The second-order valence-corrected chi connectivity index (χ2v) is 8.05. The van der Waals surface area contributed by atoms with E-state index >= 15 is 0 Å². The Morgan fingerprint density at radius 1 is 1.14 bits per heavy atom. The Balaban J connectivity index is 1.48. The van der Waals surface area contributed by atoms with E-state index in [0.717, 1.165) is 30.6 Å². The first-order chi connectivity index (χ1) is 13.4. The van der Waals surface area contributed by atoms with Crippen molar-refractivity contribution in [2.45, 2.75) is 38.8 Å². The minimum absolute atomic E-state index is 0.0261. The van der Waals surface area contributed by atoms with E-state index in [2.05, 4.69) is 61.4 Å². The van der Waals surface area contributed by atoms with Crippen LogP contribution in [-0.2, 0) is 0 Å². The van der Waals surface area contributed by atoms with E-state index in [0.29, 0.717) is 23.4 Å². The molecule has 0 spiro atoms. The van der Waals surface area contributed by atoms with Crippen LogP contribution in [0.15, 0.2) is 30.9 Å². The predicted octanol–water partition coefficient (Wildman–Crippen LogP) is 2.00. The number of aromatic nitrogens is 6. The van der Waals surface area contributed by atoms with E-state index in [1.54, 1.807) is 30.9 Å². The summed E-state index contributed by atoms with van der Waals surface area (Å²) >= 11 is 0. The van der Waals surface area contributed by atoms with Gasteiger partial charge in [-0.05, 0) is 33.3 Å². The first-order valence-electron chi connectivity index (χ1n) is 9.30. The monoisotopic (exact) mass is 380 g/mol. The van der Waals surface area contributed by atoms with Crippen LogP contribution in [0.4, 0.5) is 5.95 Å². The highest BCUT2D eigenvalue weighted by molar-refractivity contribution is 5.69. The van der Waals surface area contributed by atoms with E-state index in [1.165, 1.54) is 0 Å². The van der Waals surface area contributed by atoms with E-state index in [-0.39, 0.29) is 11.3 Å². The van der Waals surface area contributed by atoms with Crippen LogP contribution < -0.4 is 10.2 Å². The van der Waals surface area contributed by atoms with Gasteiger partial charge < -0.3 is 15.3 Å². The molecule has 1 aliphatic heterocycles. The molecule has 1 atom stereocenters. The molecule has 9 heteroatoms. The van der Waals surface area contributed by atoms with E-state index in [4.69, 9.17) is 0 Å². The van der Waals surface area contributed by atoms with Gasteiger partial charge in [0.15, 0.2) is 0 Å². The number of anilines is 1. The summed E-state index contributed by atoms with van der Waals surface area (Å²) in [4.78, 5) is 10.9. The van der Waals surface area contributed by atoms with Crippen molar-refractivity contribution in [2.75, 3.05) is 18.0 Å². The van der Waals surface area contributed by atoms with Crippen molar-refractivity contribution in [1.82, 2.24) is 35.7 Å². The molecular formula is C19H24N8O. The minimum atomic E-state index is 0.0261. The largest absolute Gasteiger partial charge is 0.506 e. The number of nitrogens with zero attached hydrogens (tertiary/aromatic N) is 6. The summed E-state index contributed by atoms with van der Waals surface area (Å²) in [7, 11) is 0. The summed E-state index contributed by atoms with van der Waals surface area (Å²) < 4.78 is 0. The van der Waals surface area contributed by atoms with Crippen molar-refractivity contribution in [1.29, 1.82) is 0 Å². The number of H-pyrrole nitrogens is 1. The summed E-state index contributed by atoms with van der Waals surface area (Å²) in [6, 6.07) is 2.04. The quantitative estimate of drug-likeness (QED) is 0.629. The lowest BCUT2D eigenvalue weighted by Crippen LogP contribution is -2.45.